The minimum absolute atomic E-state index is 0.247. The highest BCUT2D eigenvalue weighted by molar-refractivity contribution is 6.10. The lowest BCUT2D eigenvalue weighted by Crippen LogP contribution is -2.47. The Hall–Kier alpha value is -4.27. The Labute approximate surface area is 228 Å². The number of ether oxygens (including phenoxy) is 2. The summed E-state index contributed by atoms with van der Waals surface area (Å²) in [5, 5.41) is 1.85. The van der Waals surface area contributed by atoms with E-state index in [0.717, 1.165) is 41.2 Å². The lowest BCUT2D eigenvalue weighted by atomic mass is 9.95. The number of anilines is 1. The van der Waals surface area contributed by atoms with E-state index in [1.807, 2.05) is 60.7 Å². The van der Waals surface area contributed by atoms with Crippen molar-refractivity contribution in [3.63, 3.8) is 0 Å². The third-order valence-electron chi connectivity index (χ3n) is 7.07. The number of pyridine rings is 1. The molecule has 1 atom stereocenters. The number of hydrogen-bond acceptors (Lipinski definition) is 6. The Morgan fingerprint density at radius 3 is 2.38 bits per heavy atom. The van der Waals surface area contributed by atoms with Crippen LogP contribution in [0.25, 0.3) is 22.2 Å². The van der Waals surface area contributed by atoms with Crippen LogP contribution in [-0.2, 0) is 16.0 Å². The predicted octanol–water partition coefficient (Wildman–Crippen LogP) is 5.43. The average molecular weight is 525 g/mol. The van der Waals surface area contributed by atoms with Gasteiger partial charge in [0.25, 0.3) is 5.91 Å². The smallest absolute Gasteiger partial charge is 0.433 e. The van der Waals surface area contributed by atoms with Crippen LogP contribution in [-0.4, -0.2) is 55.3 Å². The van der Waals surface area contributed by atoms with Gasteiger partial charge in [0.1, 0.15) is 0 Å². The summed E-state index contributed by atoms with van der Waals surface area (Å²) >= 11 is 0. The van der Waals surface area contributed by atoms with Crippen molar-refractivity contribution in [1.29, 1.82) is 0 Å². The maximum absolute atomic E-state index is 14.2. The number of para-hydroxylation sites is 2. The van der Waals surface area contributed by atoms with E-state index in [1.54, 1.807) is 31.4 Å². The molecule has 0 radical (unpaired) electrons. The van der Waals surface area contributed by atoms with Crippen molar-refractivity contribution in [2.45, 2.75) is 25.4 Å². The van der Waals surface area contributed by atoms with Crippen LogP contribution in [0.4, 0.5) is 10.5 Å². The normalized spacial score (nSPS) is 15.3. The first-order chi connectivity index (χ1) is 19.1. The summed E-state index contributed by atoms with van der Waals surface area (Å²) in [6.07, 6.45) is 1.39. The van der Waals surface area contributed by atoms with Crippen LogP contribution in [0, 0.1) is 0 Å². The fraction of sp³-hybridized carbons (Fsp3) is 0.258. The number of benzene rings is 3. The van der Waals surface area contributed by atoms with Crippen molar-refractivity contribution in [3.05, 3.63) is 96.1 Å². The largest absolute Gasteiger partial charge is 0.451 e. The van der Waals surface area contributed by atoms with Crippen LogP contribution in [0.2, 0.25) is 0 Å². The zero-order chi connectivity index (χ0) is 27.2. The van der Waals surface area contributed by atoms with Gasteiger partial charge >= 0.3 is 6.09 Å². The fourth-order valence-electron chi connectivity index (χ4n) is 5.23. The quantitative estimate of drug-likeness (QED) is 0.325. The van der Waals surface area contributed by atoms with Crippen molar-refractivity contribution in [2.24, 2.45) is 0 Å². The van der Waals surface area contributed by atoms with Crippen molar-refractivity contribution in [2.75, 3.05) is 32.4 Å². The van der Waals surface area contributed by atoms with Crippen molar-refractivity contribution in [3.8, 4) is 11.3 Å². The van der Waals surface area contributed by atoms with Gasteiger partial charge in [-0.3, -0.25) is 15.1 Å². The number of hydrogen-bond donors (Lipinski definition) is 1. The number of methoxy groups -OCH3 is 2. The highest BCUT2D eigenvalue weighted by Gasteiger charge is 2.30. The molecule has 0 bridgehead atoms. The van der Waals surface area contributed by atoms with E-state index >= 15 is 0 Å². The van der Waals surface area contributed by atoms with Gasteiger partial charge < -0.3 is 9.47 Å². The third-order valence-corrected chi connectivity index (χ3v) is 7.07. The zero-order valence-corrected chi connectivity index (χ0v) is 22.2. The molecular weight excluding hydrogens is 492 g/mol. The first-order valence-corrected chi connectivity index (χ1v) is 13.0. The van der Waals surface area contributed by atoms with Gasteiger partial charge in [-0.25, -0.2) is 9.78 Å². The highest BCUT2D eigenvalue weighted by atomic mass is 16.5. The van der Waals surface area contributed by atoms with Crippen molar-refractivity contribution < 1.29 is 19.1 Å². The third kappa shape index (κ3) is 5.62. The van der Waals surface area contributed by atoms with Gasteiger partial charge in [-0.2, -0.15) is 5.01 Å². The first-order valence-electron chi connectivity index (χ1n) is 13.0. The lowest BCUT2D eigenvalue weighted by molar-refractivity contribution is 0.0936. The summed E-state index contributed by atoms with van der Waals surface area (Å²) in [5.41, 5.74) is 6.95. The molecule has 2 heterocycles. The summed E-state index contributed by atoms with van der Waals surface area (Å²) in [7, 11) is 3.00. The number of amides is 2. The molecule has 39 heavy (non-hydrogen) atoms. The molecule has 1 N–H and O–H groups in total. The number of likely N-dealkylation sites (tertiary alicyclic amines) is 1. The number of carbonyl (C=O) groups is 2. The molecule has 0 spiro atoms. The number of fused-ring (bicyclic) bond motifs is 1. The second-order valence-corrected chi connectivity index (χ2v) is 9.50. The van der Waals surface area contributed by atoms with E-state index in [0.29, 0.717) is 35.3 Å². The molecule has 1 aliphatic heterocycles. The molecular formula is C31H32N4O4. The number of nitrogens with zero attached hydrogens (tertiary/aromatic N) is 3. The molecule has 3 aromatic carbocycles. The molecule has 200 valence electrons. The van der Waals surface area contributed by atoms with Crippen molar-refractivity contribution in [1.82, 2.24) is 15.3 Å². The number of carbonyl (C=O) groups excluding carboxylic acids is 2. The standard InChI is InChI=1S/C31H32N4O4/c1-38-21-24-16-11-19-34(24)20-26-28(30(36)33-35(31(37)39-2)23-14-7-4-8-15-23)25-17-9-10-18-27(25)32-29(26)22-12-5-3-6-13-22/h3-10,12-15,17-18,24H,11,16,19-21H2,1-2H3,(H,33,36)/t24-/m1/s1. The summed E-state index contributed by atoms with van der Waals surface area (Å²) in [6, 6.07) is 26.6. The van der Waals surface area contributed by atoms with Gasteiger partial charge in [-0.15, -0.1) is 0 Å². The maximum atomic E-state index is 14.2. The van der Waals surface area contributed by atoms with Gasteiger partial charge in [0.05, 0.1) is 36.2 Å². The van der Waals surface area contributed by atoms with Crippen LogP contribution < -0.4 is 10.4 Å². The SMILES string of the molecule is COC[C@H]1CCCN1Cc1c(-c2ccccc2)nc2ccccc2c1C(=O)NN(C(=O)OC)c1ccccc1. The van der Waals surface area contributed by atoms with Crippen molar-refractivity contribution >= 4 is 28.6 Å². The van der Waals surface area contributed by atoms with Crippen LogP contribution >= 0.6 is 0 Å². The molecule has 1 aromatic heterocycles. The van der Waals surface area contributed by atoms with E-state index < -0.39 is 12.0 Å². The van der Waals surface area contributed by atoms with Gasteiger partial charge in [-0.1, -0.05) is 66.7 Å². The Morgan fingerprint density at radius 2 is 1.67 bits per heavy atom. The monoisotopic (exact) mass is 524 g/mol. The molecule has 8 nitrogen and oxygen atoms in total. The molecule has 4 aromatic rings. The molecule has 1 fully saturated rings. The summed E-state index contributed by atoms with van der Waals surface area (Å²) in [5.74, 6) is -0.419. The molecule has 1 aliphatic rings. The number of nitrogens with one attached hydrogen (secondary N) is 1. The zero-order valence-electron chi connectivity index (χ0n) is 22.2. The summed E-state index contributed by atoms with van der Waals surface area (Å²) < 4.78 is 10.5. The summed E-state index contributed by atoms with van der Waals surface area (Å²) in [6.45, 7) is 2.03. The van der Waals surface area contributed by atoms with E-state index in [9.17, 15) is 9.59 Å². The van der Waals surface area contributed by atoms with E-state index in [2.05, 4.69) is 10.3 Å². The molecule has 8 heteroatoms. The van der Waals surface area contributed by atoms with Gasteiger partial charge in [0, 0.05) is 36.2 Å². The van der Waals surface area contributed by atoms with Gasteiger partial charge in [-0.05, 0) is 37.6 Å². The van der Waals surface area contributed by atoms with E-state index in [-0.39, 0.29) is 6.04 Å². The second kappa shape index (κ2) is 12.1. The topological polar surface area (TPSA) is 84.0 Å². The van der Waals surface area contributed by atoms with Gasteiger partial charge in [0.15, 0.2) is 0 Å². The number of aromatic nitrogens is 1. The number of hydrazine groups is 1. The number of rotatable bonds is 7. The van der Waals surface area contributed by atoms with E-state index in [4.69, 9.17) is 14.5 Å². The fourth-order valence-corrected chi connectivity index (χ4v) is 5.23. The minimum atomic E-state index is -0.697. The Kier molecular flexibility index (Phi) is 8.15. The predicted molar refractivity (Wildman–Crippen MR) is 151 cm³/mol. The van der Waals surface area contributed by atoms with Gasteiger partial charge in [0.2, 0.25) is 0 Å². The molecule has 0 saturated carbocycles. The van der Waals surface area contributed by atoms with E-state index in [1.165, 1.54) is 7.11 Å². The molecule has 0 aliphatic carbocycles. The lowest BCUT2D eigenvalue weighted by Gasteiger charge is -2.28. The van der Waals surface area contributed by atoms with Crippen LogP contribution in [0.15, 0.2) is 84.9 Å². The Morgan fingerprint density at radius 1 is 0.974 bits per heavy atom. The average Bonchev–Trinajstić information content (AvgIpc) is 3.42. The van der Waals surface area contributed by atoms with Crippen LogP contribution in [0.1, 0.15) is 28.8 Å². The van der Waals surface area contributed by atoms with Crippen LogP contribution in [0.5, 0.6) is 0 Å². The summed E-state index contributed by atoms with van der Waals surface area (Å²) in [4.78, 5) is 34.4. The van der Waals surface area contributed by atoms with Crippen LogP contribution in [0.3, 0.4) is 0 Å². The highest BCUT2D eigenvalue weighted by Crippen LogP contribution is 2.33. The first kappa shape index (κ1) is 26.3. The second-order valence-electron chi connectivity index (χ2n) is 9.50. The molecule has 0 unspecified atom stereocenters. The molecule has 2 amide bonds. The maximum Gasteiger partial charge on any atom is 0.433 e. The Balaban J connectivity index is 1.67. The minimum Gasteiger partial charge on any atom is -0.451 e. The molecule has 5 rings (SSSR count). The molecule has 1 saturated heterocycles. The Bertz CT molecular complexity index is 1450.